The summed E-state index contributed by atoms with van der Waals surface area (Å²) in [5, 5.41) is 0.646. The second-order valence-corrected chi connectivity index (χ2v) is 10.7. The zero-order valence-corrected chi connectivity index (χ0v) is 24.5. The predicted octanol–water partition coefficient (Wildman–Crippen LogP) is 5.43. The number of methoxy groups -OCH3 is 1. The number of carbonyl (C=O) groups is 1. The van der Waals surface area contributed by atoms with Crippen molar-refractivity contribution in [2.24, 2.45) is 4.99 Å². The van der Waals surface area contributed by atoms with E-state index in [9.17, 15) is 9.59 Å². The van der Waals surface area contributed by atoms with E-state index in [1.54, 1.807) is 4.57 Å². The number of thiazole rings is 1. The molecular weight excluding hydrogens is 560 g/mol. The van der Waals surface area contributed by atoms with Gasteiger partial charge in [0.15, 0.2) is 16.3 Å². The van der Waals surface area contributed by atoms with Gasteiger partial charge in [0, 0.05) is 5.02 Å². The van der Waals surface area contributed by atoms with Crippen molar-refractivity contribution in [3.63, 3.8) is 0 Å². The minimum atomic E-state index is -0.641. The van der Waals surface area contributed by atoms with Gasteiger partial charge < -0.3 is 14.2 Å². The molecule has 1 aliphatic rings. The van der Waals surface area contributed by atoms with E-state index in [4.69, 9.17) is 30.8 Å². The number of carbonyl (C=O) groups excluding carboxylic acids is 1. The summed E-state index contributed by atoms with van der Waals surface area (Å²) in [6.45, 7) is 4.62. The molecule has 5 rings (SSSR count). The Balaban J connectivity index is 1.56. The van der Waals surface area contributed by atoms with Crippen LogP contribution in [0, 0.1) is 0 Å². The van der Waals surface area contributed by atoms with Gasteiger partial charge in [0.25, 0.3) is 5.56 Å². The van der Waals surface area contributed by atoms with Gasteiger partial charge in [-0.1, -0.05) is 78.4 Å². The molecule has 0 radical (unpaired) electrons. The number of fused-ring (bicyclic) bond motifs is 1. The molecule has 2 heterocycles. The highest BCUT2D eigenvalue weighted by Gasteiger charge is 2.33. The molecule has 7 nitrogen and oxygen atoms in total. The molecule has 0 aliphatic carbocycles. The number of rotatable bonds is 9. The van der Waals surface area contributed by atoms with E-state index in [2.05, 4.69) is 0 Å². The zero-order valence-electron chi connectivity index (χ0n) is 22.9. The Labute approximate surface area is 246 Å². The minimum Gasteiger partial charge on any atom is -0.490 e. The summed E-state index contributed by atoms with van der Waals surface area (Å²) in [5.74, 6) is 0.660. The first-order chi connectivity index (χ1) is 19.9. The number of hydrogen-bond donors (Lipinski definition) is 0. The number of hydrogen-bond acceptors (Lipinski definition) is 7. The monoisotopic (exact) mass is 588 g/mol. The van der Waals surface area contributed by atoms with Gasteiger partial charge in [0.1, 0.15) is 6.61 Å². The van der Waals surface area contributed by atoms with Crippen molar-refractivity contribution in [2.75, 3.05) is 13.7 Å². The molecular formula is C32H29ClN2O5S. The largest absolute Gasteiger partial charge is 0.490 e. The summed E-state index contributed by atoms with van der Waals surface area (Å²) in [6.07, 6.45) is 2.33. The molecule has 4 aromatic rings. The number of aromatic nitrogens is 1. The van der Waals surface area contributed by atoms with Crippen molar-refractivity contribution >= 4 is 35.0 Å². The number of esters is 1. The third kappa shape index (κ3) is 5.99. The van der Waals surface area contributed by atoms with Crippen LogP contribution in [0.4, 0.5) is 0 Å². The Morgan fingerprint density at radius 3 is 2.54 bits per heavy atom. The van der Waals surface area contributed by atoms with E-state index in [1.807, 2.05) is 92.7 Å². The SMILES string of the molecule is CCOc1cc(/C=c2/sc3n(c2=O)[C@H](c2ccccc2)C(C(=O)OC)=C(CC)N=3)ccc1OCc1cccc(Cl)c1. The van der Waals surface area contributed by atoms with Gasteiger partial charge in [-0.3, -0.25) is 9.36 Å². The van der Waals surface area contributed by atoms with Crippen molar-refractivity contribution in [1.82, 2.24) is 4.57 Å². The fraction of sp³-hybridized carbons (Fsp3) is 0.219. The number of ether oxygens (including phenoxy) is 3. The van der Waals surface area contributed by atoms with Crippen molar-refractivity contribution in [3.8, 4) is 11.5 Å². The Hall–Kier alpha value is -4.14. The van der Waals surface area contributed by atoms with Crippen LogP contribution in [0.1, 0.15) is 43.0 Å². The lowest BCUT2D eigenvalue weighted by molar-refractivity contribution is -0.136. The van der Waals surface area contributed by atoms with Crippen LogP contribution in [-0.2, 0) is 16.1 Å². The van der Waals surface area contributed by atoms with Crippen LogP contribution in [0.3, 0.4) is 0 Å². The van der Waals surface area contributed by atoms with Gasteiger partial charge in [-0.2, -0.15) is 0 Å². The molecule has 1 aromatic heterocycles. The molecule has 41 heavy (non-hydrogen) atoms. The van der Waals surface area contributed by atoms with Gasteiger partial charge in [-0.15, -0.1) is 0 Å². The quantitative estimate of drug-likeness (QED) is 0.244. The lowest BCUT2D eigenvalue weighted by atomic mass is 9.95. The molecule has 0 amide bonds. The maximum absolute atomic E-state index is 13.9. The first-order valence-corrected chi connectivity index (χ1v) is 14.4. The maximum atomic E-state index is 13.9. The zero-order chi connectivity index (χ0) is 28.9. The molecule has 0 saturated carbocycles. The lowest BCUT2D eigenvalue weighted by Gasteiger charge is -2.25. The molecule has 0 bridgehead atoms. The molecule has 0 spiro atoms. The highest BCUT2D eigenvalue weighted by molar-refractivity contribution is 7.07. The summed E-state index contributed by atoms with van der Waals surface area (Å²) in [7, 11) is 1.34. The summed E-state index contributed by atoms with van der Waals surface area (Å²) in [5.41, 5.74) is 3.27. The lowest BCUT2D eigenvalue weighted by Crippen LogP contribution is -2.40. The van der Waals surface area contributed by atoms with Gasteiger partial charge in [0.05, 0.1) is 35.6 Å². The topological polar surface area (TPSA) is 79.1 Å². The average Bonchev–Trinajstić information content (AvgIpc) is 3.30. The van der Waals surface area contributed by atoms with E-state index in [0.717, 1.165) is 16.7 Å². The molecule has 3 aromatic carbocycles. The fourth-order valence-electron chi connectivity index (χ4n) is 4.76. The van der Waals surface area contributed by atoms with Crippen molar-refractivity contribution in [1.29, 1.82) is 0 Å². The van der Waals surface area contributed by atoms with E-state index in [-0.39, 0.29) is 5.56 Å². The smallest absolute Gasteiger partial charge is 0.338 e. The van der Waals surface area contributed by atoms with Gasteiger partial charge in [-0.25, -0.2) is 9.79 Å². The molecule has 0 fully saturated rings. The molecule has 9 heteroatoms. The number of halogens is 1. The van der Waals surface area contributed by atoms with Crippen LogP contribution in [0.2, 0.25) is 5.02 Å². The molecule has 0 saturated heterocycles. The first-order valence-electron chi connectivity index (χ1n) is 13.3. The number of benzene rings is 3. The van der Waals surface area contributed by atoms with Crippen LogP contribution in [0.5, 0.6) is 11.5 Å². The molecule has 1 aliphatic heterocycles. The second kappa shape index (κ2) is 12.6. The maximum Gasteiger partial charge on any atom is 0.338 e. The standard InChI is InChI=1S/C32H29ClN2O5S/c1-4-24-28(31(37)38-3)29(22-11-7-6-8-12-22)35-30(36)27(41-32(35)34-24)18-20-14-15-25(26(17-20)39-5-2)40-19-21-10-9-13-23(33)16-21/h6-18,29H,4-5,19H2,1-3H3/b27-18+/t29-/m1/s1. The highest BCUT2D eigenvalue weighted by atomic mass is 35.5. The van der Waals surface area contributed by atoms with E-state index >= 15 is 0 Å². The molecule has 1 atom stereocenters. The van der Waals surface area contributed by atoms with Crippen LogP contribution in [0.25, 0.3) is 6.08 Å². The number of nitrogens with zero attached hydrogens (tertiary/aromatic N) is 2. The van der Waals surface area contributed by atoms with Gasteiger partial charge >= 0.3 is 5.97 Å². The summed E-state index contributed by atoms with van der Waals surface area (Å²) in [4.78, 5) is 32.0. The van der Waals surface area contributed by atoms with E-state index in [0.29, 0.717) is 56.8 Å². The van der Waals surface area contributed by atoms with E-state index < -0.39 is 12.0 Å². The molecule has 210 valence electrons. The van der Waals surface area contributed by atoms with Gasteiger partial charge in [-0.05, 0) is 60.4 Å². The fourth-order valence-corrected chi connectivity index (χ4v) is 5.99. The Morgan fingerprint density at radius 1 is 1.02 bits per heavy atom. The highest BCUT2D eigenvalue weighted by Crippen LogP contribution is 2.32. The molecule has 0 N–H and O–H groups in total. The van der Waals surface area contributed by atoms with Crippen molar-refractivity contribution in [2.45, 2.75) is 32.9 Å². The Bertz CT molecular complexity index is 1790. The summed E-state index contributed by atoms with van der Waals surface area (Å²) < 4.78 is 19.1. The van der Waals surface area contributed by atoms with Crippen molar-refractivity contribution in [3.05, 3.63) is 125 Å². The predicted molar refractivity (Wildman–Crippen MR) is 160 cm³/mol. The first kappa shape index (κ1) is 28.4. The normalized spacial score (nSPS) is 14.8. The average molecular weight is 589 g/mol. The van der Waals surface area contributed by atoms with Crippen molar-refractivity contribution < 1.29 is 19.0 Å². The van der Waals surface area contributed by atoms with Crippen LogP contribution in [-0.4, -0.2) is 24.3 Å². The Kier molecular flexibility index (Phi) is 8.71. The molecule has 0 unspecified atom stereocenters. The van der Waals surface area contributed by atoms with Crippen LogP contribution < -0.4 is 24.4 Å². The van der Waals surface area contributed by atoms with Crippen LogP contribution in [0.15, 0.2) is 93.9 Å². The Morgan fingerprint density at radius 2 is 1.83 bits per heavy atom. The third-order valence-electron chi connectivity index (χ3n) is 6.61. The third-order valence-corrected chi connectivity index (χ3v) is 7.83. The summed E-state index contributed by atoms with van der Waals surface area (Å²) in [6, 6.07) is 21.9. The minimum absolute atomic E-state index is 0.238. The summed E-state index contributed by atoms with van der Waals surface area (Å²) >= 11 is 7.39. The number of allylic oxidation sites excluding steroid dienone is 1. The van der Waals surface area contributed by atoms with Gasteiger partial charge in [0.2, 0.25) is 0 Å². The second-order valence-electron chi connectivity index (χ2n) is 9.26. The van der Waals surface area contributed by atoms with Crippen LogP contribution >= 0.6 is 22.9 Å². The van der Waals surface area contributed by atoms with E-state index in [1.165, 1.54) is 18.4 Å².